The molecule has 34 heavy (non-hydrogen) atoms. The maximum absolute atomic E-state index is 14.7. The minimum Gasteiger partial charge on any atom is -0.492 e. The second kappa shape index (κ2) is 10.8. The number of carbonyl (C=O) groups excluding carboxylic acids is 1. The molecule has 0 N–H and O–H groups in total. The molecule has 1 amide bonds. The van der Waals surface area contributed by atoms with Gasteiger partial charge in [0, 0.05) is 25.2 Å². The fourth-order valence-electron chi connectivity index (χ4n) is 4.81. The van der Waals surface area contributed by atoms with Gasteiger partial charge in [0.2, 0.25) is 0 Å². The Kier molecular flexibility index (Phi) is 7.81. The molecule has 2 aromatic rings. The predicted octanol–water partition coefficient (Wildman–Crippen LogP) is 5.35. The van der Waals surface area contributed by atoms with Crippen molar-refractivity contribution in [2.75, 3.05) is 39.3 Å². The van der Waals surface area contributed by atoms with Gasteiger partial charge in [-0.2, -0.15) is 0 Å². The SMILES string of the molecule is CC(C)(F)CN1CCC(COc2ccc(-c3ccc(C(=O)N4CCCCC4)c(F)c3)nc2)CC1. The molecule has 1 aromatic carbocycles. The number of ether oxygens (including phenoxy) is 1. The molecule has 0 aliphatic carbocycles. The van der Waals surface area contributed by atoms with Crippen LogP contribution in [0.5, 0.6) is 5.75 Å². The number of amides is 1. The zero-order valence-corrected chi connectivity index (χ0v) is 20.2. The van der Waals surface area contributed by atoms with E-state index in [1.54, 1.807) is 37.1 Å². The second-order valence-corrected chi connectivity index (χ2v) is 10.2. The van der Waals surface area contributed by atoms with Crippen molar-refractivity contribution in [2.45, 2.75) is 51.6 Å². The topological polar surface area (TPSA) is 45.7 Å². The molecule has 0 unspecified atom stereocenters. The number of aromatic nitrogens is 1. The Balaban J connectivity index is 1.30. The molecule has 2 fully saturated rings. The second-order valence-electron chi connectivity index (χ2n) is 10.2. The number of pyridine rings is 1. The molecule has 5 nitrogen and oxygen atoms in total. The fourth-order valence-corrected chi connectivity index (χ4v) is 4.81. The predicted molar refractivity (Wildman–Crippen MR) is 129 cm³/mol. The third-order valence-electron chi connectivity index (χ3n) is 6.67. The summed E-state index contributed by atoms with van der Waals surface area (Å²) in [6.07, 6.45) is 6.70. The Morgan fingerprint density at radius 2 is 1.82 bits per heavy atom. The fraction of sp³-hybridized carbons (Fsp3) is 0.556. The lowest BCUT2D eigenvalue weighted by Gasteiger charge is -2.34. The van der Waals surface area contributed by atoms with Gasteiger partial charge in [-0.3, -0.25) is 9.78 Å². The first-order valence-corrected chi connectivity index (χ1v) is 12.4. The summed E-state index contributed by atoms with van der Waals surface area (Å²) >= 11 is 0. The van der Waals surface area contributed by atoms with Gasteiger partial charge in [-0.15, -0.1) is 0 Å². The van der Waals surface area contributed by atoms with Crippen molar-refractivity contribution in [3.8, 4) is 17.0 Å². The lowest BCUT2D eigenvalue weighted by molar-refractivity contribution is 0.0719. The van der Waals surface area contributed by atoms with Gasteiger partial charge in [0.15, 0.2) is 0 Å². The average Bonchev–Trinajstić information content (AvgIpc) is 2.83. The van der Waals surface area contributed by atoms with Crippen molar-refractivity contribution in [3.63, 3.8) is 0 Å². The van der Waals surface area contributed by atoms with Crippen molar-refractivity contribution in [1.29, 1.82) is 0 Å². The van der Waals surface area contributed by atoms with Crippen LogP contribution in [-0.4, -0.2) is 65.7 Å². The van der Waals surface area contributed by atoms with E-state index in [-0.39, 0.29) is 11.5 Å². The minimum absolute atomic E-state index is 0.117. The molecule has 2 aliphatic rings. The largest absolute Gasteiger partial charge is 0.492 e. The number of hydrogen-bond acceptors (Lipinski definition) is 4. The van der Waals surface area contributed by atoms with Crippen LogP contribution in [0.2, 0.25) is 0 Å². The molecule has 0 bridgehead atoms. The average molecular weight is 472 g/mol. The van der Waals surface area contributed by atoms with Crippen molar-refractivity contribution in [1.82, 2.24) is 14.8 Å². The van der Waals surface area contributed by atoms with Gasteiger partial charge >= 0.3 is 0 Å². The molecule has 0 spiro atoms. The third kappa shape index (κ3) is 6.53. The van der Waals surface area contributed by atoms with Crippen molar-refractivity contribution < 1.29 is 18.3 Å². The summed E-state index contributed by atoms with van der Waals surface area (Å²) in [5.74, 6) is 0.364. The zero-order valence-electron chi connectivity index (χ0n) is 20.2. The first kappa shape index (κ1) is 24.6. The molecule has 0 atom stereocenters. The molecule has 2 aliphatic heterocycles. The first-order valence-electron chi connectivity index (χ1n) is 12.4. The van der Waals surface area contributed by atoms with Crippen LogP contribution >= 0.6 is 0 Å². The van der Waals surface area contributed by atoms with Crippen LogP contribution < -0.4 is 4.74 Å². The number of alkyl halides is 1. The summed E-state index contributed by atoms with van der Waals surface area (Å²) in [6.45, 7) is 7.49. The minimum atomic E-state index is -1.16. The van der Waals surface area contributed by atoms with E-state index in [0.29, 0.717) is 49.2 Å². The molecule has 0 saturated carbocycles. The highest BCUT2D eigenvalue weighted by atomic mass is 19.1. The van der Waals surface area contributed by atoms with E-state index in [0.717, 1.165) is 45.2 Å². The maximum Gasteiger partial charge on any atom is 0.256 e. The molecule has 184 valence electrons. The Labute approximate surface area is 201 Å². The lowest BCUT2D eigenvalue weighted by atomic mass is 9.97. The van der Waals surface area contributed by atoms with E-state index in [4.69, 9.17) is 4.74 Å². The smallest absolute Gasteiger partial charge is 0.256 e. The van der Waals surface area contributed by atoms with Crippen LogP contribution in [0.1, 0.15) is 56.3 Å². The molecule has 2 saturated heterocycles. The Morgan fingerprint density at radius 3 is 2.44 bits per heavy atom. The van der Waals surface area contributed by atoms with Crippen molar-refractivity contribution in [3.05, 3.63) is 47.9 Å². The third-order valence-corrected chi connectivity index (χ3v) is 6.67. The van der Waals surface area contributed by atoms with Gasteiger partial charge in [0.1, 0.15) is 17.2 Å². The molecule has 4 rings (SSSR count). The number of halogens is 2. The number of piperidine rings is 2. The standard InChI is InChI=1S/C27H35F2N3O2/c1-27(2,29)19-31-14-10-20(11-15-31)18-34-22-7-9-25(30-17-22)21-6-8-23(24(28)16-21)26(33)32-12-4-3-5-13-32/h6-9,16-17,20H,3-5,10-15,18-19H2,1-2H3. The summed E-state index contributed by atoms with van der Waals surface area (Å²) in [5.41, 5.74) is 0.211. The maximum atomic E-state index is 14.7. The quantitative estimate of drug-likeness (QED) is 0.546. The summed E-state index contributed by atoms with van der Waals surface area (Å²) < 4.78 is 34.5. The molecule has 1 aromatic heterocycles. The summed E-state index contributed by atoms with van der Waals surface area (Å²) in [4.78, 5) is 21.0. The number of carbonyl (C=O) groups is 1. The van der Waals surface area contributed by atoms with Crippen molar-refractivity contribution >= 4 is 5.91 Å². The van der Waals surface area contributed by atoms with Crippen molar-refractivity contribution in [2.24, 2.45) is 5.92 Å². The van der Waals surface area contributed by atoms with Crippen LogP contribution in [0.4, 0.5) is 8.78 Å². The van der Waals surface area contributed by atoms with Gasteiger partial charge in [-0.1, -0.05) is 6.07 Å². The lowest BCUT2D eigenvalue weighted by Crippen LogP contribution is -2.41. The van der Waals surface area contributed by atoms with Gasteiger partial charge in [0.25, 0.3) is 5.91 Å². The Bertz CT molecular complexity index is 961. The van der Waals surface area contributed by atoms with Gasteiger partial charge < -0.3 is 14.5 Å². The van der Waals surface area contributed by atoms with Crippen LogP contribution in [-0.2, 0) is 0 Å². The summed E-state index contributed by atoms with van der Waals surface area (Å²) in [7, 11) is 0. The highest BCUT2D eigenvalue weighted by Crippen LogP contribution is 2.25. The number of likely N-dealkylation sites (tertiary alicyclic amines) is 2. The first-order chi connectivity index (χ1) is 16.3. The highest BCUT2D eigenvalue weighted by Gasteiger charge is 2.25. The van der Waals surface area contributed by atoms with Gasteiger partial charge in [-0.05, 0) is 89.2 Å². The van der Waals surface area contributed by atoms with Crippen LogP contribution in [0.15, 0.2) is 36.5 Å². The van der Waals surface area contributed by atoms with E-state index in [2.05, 4.69) is 9.88 Å². The Hall–Kier alpha value is -2.54. The normalized spacial score (nSPS) is 18.2. The van der Waals surface area contributed by atoms with Gasteiger partial charge in [0.05, 0.1) is 24.1 Å². The zero-order chi connectivity index (χ0) is 24.1. The number of benzene rings is 1. The number of hydrogen-bond donors (Lipinski definition) is 0. The van der Waals surface area contributed by atoms with Crippen LogP contribution in [0, 0.1) is 11.7 Å². The molecule has 3 heterocycles. The highest BCUT2D eigenvalue weighted by molar-refractivity contribution is 5.95. The Morgan fingerprint density at radius 1 is 1.09 bits per heavy atom. The van der Waals surface area contributed by atoms with E-state index in [1.807, 2.05) is 12.1 Å². The van der Waals surface area contributed by atoms with Crippen LogP contribution in [0.3, 0.4) is 0 Å². The summed E-state index contributed by atoms with van der Waals surface area (Å²) in [6, 6.07) is 8.34. The monoisotopic (exact) mass is 471 g/mol. The summed E-state index contributed by atoms with van der Waals surface area (Å²) in [5, 5.41) is 0. The molecular weight excluding hydrogens is 436 g/mol. The van der Waals surface area contributed by atoms with Crippen LogP contribution in [0.25, 0.3) is 11.3 Å². The van der Waals surface area contributed by atoms with E-state index < -0.39 is 11.5 Å². The van der Waals surface area contributed by atoms with E-state index >= 15 is 0 Å². The van der Waals surface area contributed by atoms with E-state index in [9.17, 15) is 13.6 Å². The number of rotatable bonds is 7. The molecular formula is C27H35F2N3O2. The van der Waals surface area contributed by atoms with Gasteiger partial charge in [-0.25, -0.2) is 8.78 Å². The van der Waals surface area contributed by atoms with E-state index in [1.165, 1.54) is 6.07 Å². The number of nitrogens with zero attached hydrogens (tertiary/aromatic N) is 3. The molecule has 7 heteroatoms. The molecule has 0 radical (unpaired) electrons.